The second kappa shape index (κ2) is 8.52. The molecule has 0 spiro atoms. The smallest absolute Gasteiger partial charge is 0.0274 e. The number of hydrogen-bond acceptors (Lipinski definition) is 0. The number of rotatable bonds is 5. The summed E-state index contributed by atoms with van der Waals surface area (Å²) in [7, 11) is 0. The van der Waals surface area contributed by atoms with E-state index in [-0.39, 0.29) is 0 Å². The van der Waals surface area contributed by atoms with Crippen LogP contribution in [0.25, 0.3) is 0 Å². The Balaban J connectivity index is 2.97. The minimum absolute atomic E-state index is 1.20. The van der Waals surface area contributed by atoms with Gasteiger partial charge in [-0.3, -0.25) is 0 Å². The lowest BCUT2D eigenvalue weighted by Crippen LogP contribution is -1.72. The summed E-state index contributed by atoms with van der Waals surface area (Å²) in [5.41, 5.74) is 3.08. The molecule has 0 aliphatic heterocycles. The summed E-state index contributed by atoms with van der Waals surface area (Å²) in [6.45, 7) is 4.24. The highest BCUT2D eigenvalue weighted by molar-refractivity contribution is 4.81. The highest BCUT2D eigenvalue weighted by Crippen LogP contribution is 2.01. The Bertz CT molecular complexity index is 105. The molecular weight excluding hydrogens is 120 g/mol. The van der Waals surface area contributed by atoms with Gasteiger partial charge in [0.25, 0.3) is 0 Å². The zero-order valence-corrected chi connectivity index (χ0v) is 7.19. The van der Waals surface area contributed by atoms with Gasteiger partial charge in [0, 0.05) is 0 Å². The van der Waals surface area contributed by atoms with E-state index < -0.39 is 0 Å². The molecule has 0 saturated heterocycles. The molecule has 0 bridgehead atoms. The van der Waals surface area contributed by atoms with E-state index in [1.165, 1.54) is 32.1 Å². The average molecular weight is 138 g/mol. The Morgan fingerprint density at radius 1 is 1.20 bits per heavy atom. The van der Waals surface area contributed by atoms with Crippen LogP contribution in [0.1, 0.15) is 46.0 Å². The summed E-state index contributed by atoms with van der Waals surface area (Å²) in [5, 5.41) is 0. The van der Waals surface area contributed by atoms with E-state index >= 15 is 0 Å². The van der Waals surface area contributed by atoms with Gasteiger partial charge >= 0.3 is 0 Å². The molecule has 0 aliphatic rings. The SMILES string of the molecule is CC=C=CCCCCCC. The minimum atomic E-state index is 1.20. The van der Waals surface area contributed by atoms with Crippen molar-refractivity contribution in [1.29, 1.82) is 0 Å². The summed E-state index contributed by atoms with van der Waals surface area (Å²) < 4.78 is 0. The van der Waals surface area contributed by atoms with Gasteiger partial charge in [-0.25, -0.2) is 0 Å². The topological polar surface area (TPSA) is 0 Å². The van der Waals surface area contributed by atoms with Gasteiger partial charge in [0.2, 0.25) is 0 Å². The number of unbranched alkanes of at least 4 members (excludes halogenated alkanes) is 4. The second-order valence-corrected chi connectivity index (χ2v) is 2.51. The predicted molar refractivity (Wildman–Crippen MR) is 47.1 cm³/mol. The fraction of sp³-hybridized carbons (Fsp3) is 0.700. The molecule has 0 nitrogen and oxygen atoms in total. The zero-order valence-electron chi connectivity index (χ0n) is 7.19. The van der Waals surface area contributed by atoms with E-state index in [9.17, 15) is 0 Å². The van der Waals surface area contributed by atoms with Crippen molar-refractivity contribution in [3.63, 3.8) is 0 Å². The molecule has 0 unspecified atom stereocenters. The fourth-order valence-electron chi connectivity index (χ4n) is 0.874. The Morgan fingerprint density at radius 3 is 2.60 bits per heavy atom. The van der Waals surface area contributed by atoms with Crippen LogP contribution in [-0.2, 0) is 0 Å². The highest BCUT2D eigenvalue weighted by atomic mass is 13.9. The lowest BCUT2D eigenvalue weighted by atomic mass is 10.1. The van der Waals surface area contributed by atoms with Gasteiger partial charge in [-0.15, -0.1) is 5.73 Å². The molecule has 0 aromatic heterocycles. The summed E-state index contributed by atoms with van der Waals surface area (Å²) in [4.78, 5) is 0. The molecule has 0 atom stereocenters. The van der Waals surface area contributed by atoms with E-state index in [0.29, 0.717) is 0 Å². The van der Waals surface area contributed by atoms with Gasteiger partial charge in [0.05, 0.1) is 0 Å². The summed E-state index contributed by atoms with van der Waals surface area (Å²) in [6, 6.07) is 0. The first-order valence-corrected chi connectivity index (χ1v) is 4.27. The van der Waals surface area contributed by atoms with Crippen LogP contribution in [0, 0.1) is 0 Å². The number of allylic oxidation sites excluding steroid dienone is 1. The molecular formula is C10H18. The zero-order chi connectivity index (χ0) is 7.66. The molecule has 0 saturated carbocycles. The highest BCUT2D eigenvalue weighted by Gasteiger charge is 1.82. The van der Waals surface area contributed by atoms with Gasteiger partial charge in [0.1, 0.15) is 0 Å². The molecule has 0 N–H and O–H groups in total. The van der Waals surface area contributed by atoms with E-state index in [4.69, 9.17) is 0 Å². The largest absolute Gasteiger partial charge is 0.130 e. The third kappa shape index (κ3) is 7.52. The molecule has 0 radical (unpaired) electrons. The average Bonchev–Trinajstić information content (AvgIpc) is 1.97. The van der Waals surface area contributed by atoms with Gasteiger partial charge in [-0.2, -0.15) is 0 Å². The quantitative estimate of drug-likeness (QED) is 0.401. The molecule has 0 amide bonds. The van der Waals surface area contributed by atoms with E-state index in [0.717, 1.165) is 0 Å². The summed E-state index contributed by atoms with van der Waals surface area (Å²) in [6.07, 6.45) is 10.7. The lowest BCUT2D eigenvalue weighted by molar-refractivity contribution is 0.674. The third-order valence-electron chi connectivity index (χ3n) is 1.49. The van der Waals surface area contributed by atoms with Crippen LogP contribution in [0.2, 0.25) is 0 Å². The van der Waals surface area contributed by atoms with Crippen LogP contribution < -0.4 is 0 Å². The molecule has 10 heavy (non-hydrogen) atoms. The van der Waals surface area contributed by atoms with Crippen LogP contribution in [0.5, 0.6) is 0 Å². The first-order chi connectivity index (χ1) is 4.91. The van der Waals surface area contributed by atoms with E-state index in [1.807, 2.05) is 13.0 Å². The van der Waals surface area contributed by atoms with E-state index in [1.54, 1.807) is 0 Å². The standard InChI is InChI=1S/C10H18/c1-3-5-7-9-10-8-6-4-2/h3,7H,4,6,8-10H2,1-2H3. The van der Waals surface area contributed by atoms with Crippen LogP contribution >= 0.6 is 0 Å². The third-order valence-corrected chi connectivity index (χ3v) is 1.49. The molecule has 0 aromatic carbocycles. The van der Waals surface area contributed by atoms with Gasteiger partial charge < -0.3 is 0 Å². The Morgan fingerprint density at radius 2 is 2.00 bits per heavy atom. The molecule has 0 rings (SSSR count). The van der Waals surface area contributed by atoms with Crippen molar-refractivity contribution in [2.45, 2.75) is 46.0 Å². The van der Waals surface area contributed by atoms with Crippen molar-refractivity contribution in [2.24, 2.45) is 0 Å². The maximum atomic E-state index is 3.08. The van der Waals surface area contributed by atoms with Gasteiger partial charge in [-0.1, -0.05) is 26.2 Å². The Hall–Kier alpha value is -0.480. The molecule has 0 aromatic rings. The van der Waals surface area contributed by atoms with Crippen molar-refractivity contribution in [3.05, 3.63) is 17.9 Å². The van der Waals surface area contributed by atoms with Crippen LogP contribution in [0.3, 0.4) is 0 Å². The van der Waals surface area contributed by atoms with Crippen molar-refractivity contribution in [3.8, 4) is 0 Å². The summed E-state index contributed by atoms with van der Waals surface area (Å²) in [5.74, 6) is 0. The second-order valence-electron chi connectivity index (χ2n) is 2.51. The van der Waals surface area contributed by atoms with Crippen molar-refractivity contribution < 1.29 is 0 Å². The van der Waals surface area contributed by atoms with Crippen molar-refractivity contribution in [1.82, 2.24) is 0 Å². The van der Waals surface area contributed by atoms with E-state index in [2.05, 4.69) is 18.7 Å². The Labute approximate surface area is 64.6 Å². The van der Waals surface area contributed by atoms with Crippen molar-refractivity contribution >= 4 is 0 Å². The Kier molecular flexibility index (Phi) is 8.11. The van der Waals surface area contributed by atoms with Crippen LogP contribution in [0.4, 0.5) is 0 Å². The predicted octanol–water partition coefficient (Wildman–Crippen LogP) is 3.69. The first kappa shape index (κ1) is 9.52. The molecule has 0 heteroatoms. The molecule has 0 aliphatic carbocycles. The molecule has 58 valence electrons. The normalized spacial score (nSPS) is 8.60. The number of hydrogen-bond donors (Lipinski definition) is 0. The first-order valence-electron chi connectivity index (χ1n) is 4.27. The van der Waals surface area contributed by atoms with Gasteiger partial charge in [-0.05, 0) is 31.9 Å². The van der Waals surface area contributed by atoms with Crippen molar-refractivity contribution in [2.75, 3.05) is 0 Å². The van der Waals surface area contributed by atoms with Crippen LogP contribution in [-0.4, -0.2) is 0 Å². The fourth-order valence-corrected chi connectivity index (χ4v) is 0.874. The molecule has 0 heterocycles. The maximum Gasteiger partial charge on any atom is -0.0274 e. The minimum Gasteiger partial charge on any atom is -0.130 e. The monoisotopic (exact) mass is 138 g/mol. The van der Waals surface area contributed by atoms with Crippen LogP contribution in [0.15, 0.2) is 17.9 Å². The lowest BCUT2D eigenvalue weighted by Gasteiger charge is -1.91. The molecule has 0 fully saturated rings. The summed E-state index contributed by atoms with van der Waals surface area (Å²) >= 11 is 0. The maximum absolute atomic E-state index is 3.08. The van der Waals surface area contributed by atoms with Gasteiger partial charge in [0.15, 0.2) is 0 Å².